The lowest BCUT2D eigenvalue weighted by Gasteiger charge is -2.22. The number of H-pyrrole nitrogens is 1. The van der Waals surface area contributed by atoms with Crippen LogP contribution in [-0.2, 0) is 23.4 Å². The van der Waals surface area contributed by atoms with E-state index in [2.05, 4.69) is 33.6 Å². The van der Waals surface area contributed by atoms with Gasteiger partial charge in [-0.05, 0) is 13.3 Å². The van der Waals surface area contributed by atoms with E-state index in [-0.39, 0.29) is 18.6 Å². The molecule has 11 nitrogen and oxygen atoms in total. The number of aromatic amines is 1. The van der Waals surface area contributed by atoms with Gasteiger partial charge in [0.15, 0.2) is 0 Å². The molecule has 2 rings (SSSR count). The molecule has 0 aliphatic carbocycles. The van der Waals surface area contributed by atoms with Crippen LogP contribution in [0.2, 0.25) is 0 Å². The summed E-state index contributed by atoms with van der Waals surface area (Å²) in [6.45, 7) is 4.72. The highest BCUT2D eigenvalue weighted by atomic mass is 31.2. The van der Waals surface area contributed by atoms with E-state index in [0.717, 1.165) is 12.8 Å². The van der Waals surface area contributed by atoms with Crippen LogP contribution < -0.4 is 16.3 Å². The van der Waals surface area contributed by atoms with Gasteiger partial charge in [0.05, 0.1) is 19.8 Å². The fourth-order valence-corrected chi connectivity index (χ4v) is 5.12. The summed E-state index contributed by atoms with van der Waals surface area (Å²) in [7, 11) is -2.19. The standard InChI is InChI=1S/C24H38N3O8P/c1-5-6-7-8-9-10-11-12-13-18-15-27(24(31)25-22(18)29)21-14-19(28)20(35-21)16-34-36(4,32)26-17(2)23(30)33-3/h15,17,19-21,28H,5-11,14,16H2,1-4H3,(H,26,32)(H,25,29,31)/t17-,19+,20+,21+,36?/m0/s1. The Morgan fingerprint density at radius 1 is 1.33 bits per heavy atom. The predicted octanol–water partition coefficient (Wildman–Crippen LogP) is 2.28. The number of aliphatic hydroxyl groups is 1. The van der Waals surface area contributed by atoms with Gasteiger partial charge < -0.3 is 19.1 Å². The number of hydrogen-bond donors (Lipinski definition) is 3. The number of nitrogens with one attached hydrogen (secondary N) is 2. The molecule has 3 N–H and O–H groups in total. The van der Waals surface area contributed by atoms with Crippen LogP contribution in [0.1, 0.15) is 77.0 Å². The predicted molar refractivity (Wildman–Crippen MR) is 135 cm³/mol. The minimum Gasteiger partial charge on any atom is -0.468 e. The highest BCUT2D eigenvalue weighted by Crippen LogP contribution is 2.40. The van der Waals surface area contributed by atoms with E-state index in [4.69, 9.17) is 9.26 Å². The van der Waals surface area contributed by atoms with Gasteiger partial charge in [0.1, 0.15) is 23.9 Å². The van der Waals surface area contributed by atoms with Crippen molar-refractivity contribution in [1.82, 2.24) is 14.6 Å². The molecule has 0 saturated carbocycles. The van der Waals surface area contributed by atoms with Crippen LogP contribution in [0.5, 0.6) is 0 Å². The van der Waals surface area contributed by atoms with Gasteiger partial charge in [0.25, 0.3) is 13.1 Å². The van der Waals surface area contributed by atoms with Crippen molar-refractivity contribution in [2.75, 3.05) is 20.4 Å². The smallest absolute Gasteiger partial charge is 0.330 e. The van der Waals surface area contributed by atoms with E-state index in [1.54, 1.807) is 0 Å². The summed E-state index contributed by atoms with van der Waals surface area (Å²) in [5, 5.41) is 13.0. The van der Waals surface area contributed by atoms with Gasteiger partial charge in [-0.2, -0.15) is 0 Å². The monoisotopic (exact) mass is 527 g/mol. The third-order valence-electron chi connectivity index (χ3n) is 5.83. The molecule has 0 spiro atoms. The average molecular weight is 528 g/mol. The number of methoxy groups -OCH3 is 1. The maximum absolute atomic E-state index is 12.6. The Labute approximate surface area is 211 Å². The summed E-state index contributed by atoms with van der Waals surface area (Å²) in [5.41, 5.74) is -1.13. The fraction of sp³-hybridized carbons (Fsp3) is 0.708. The first kappa shape index (κ1) is 30.0. The summed E-state index contributed by atoms with van der Waals surface area (Å²) in [6.07, 6.45) is 6.15. The third kappa shape index (κ3) is 9.34. The quantitative estimate of drug-likeness (QED) is 0.152. The Bertz CT molecular complexity index is 1090. The zero-order valence-corrected chi connectivity index (χ0v) is 22.3. The van der Waals surface area contributed by atoms with Crippen LogP contribution in [0.25, 0.3) is 0 Å². The molecule has 0 aromatic carbocycles. The Kier molecular flexibility index (Phi) is 12.1. The van der Waals surface area contributed by atoms with Crippen molar-refractivity contribution in [2.45, 2.75) is 89.7 Å². The maximum atomic E-state index is 12.6. The molecule has 1 aromatic rings. The van der Waals surface area contributed by atoms with Crippen molar-refractivity contribution in [2.24, 2.45) is 0 Å². The van der Waals surface area contributed by atoms with E-state index in [9.17, 15) is 24.1 Å². The summed E-state index contributed by atoms with van der Waals surface area (Å²) >= 11 is 0. The summed E-state index contributed by atoms with van der Waals surface area (Å²) < 4.78 is 29.6. The number of carbonyl (C=O) groups excluding carboxylic acids is 1. The van der Waals surface area contributed by atoms with Crippen LogP contribution in [0.15, 0.2) is 15.8 Å². The van der Waals surface area contributed by atoms with Crippen molar-refractivity contribution >= 4 is 13.5 Å². The minimum atomic E-state index is -3.41. The van der Waals surface area contributed by atoms with E-state index >= 15 is 0 Å². The van der Waals surface area contributed by atoms with Gasteiger partial charge >= 0.3 is 11.7 Å². The Morgan fingerprint density at radius 3 is 2.72 bits per heavy atom. The third-order valence-corrected chi connectivity index (χ3v) is 7.33. The molecule has 12 heteroatoms. The van der Waals surface area contributed by atoms with Gasteiger partial charge in [-0.25, -0.2) is 9.88 Å². The molecule has 1 aliphatic heterocycles. The second-order valence-corrected chi connectivity index (χ2v) is 11.2. The fourth-order valence-electron chi connectivity index (χ4n) is 3.81. The molecule has 2 heterocycles. The number of esters is 1. The van der Waals surface area contributed by atoms with Crippen LogP contribution in [0.3, 0.4) is 0 Å². The first-order chi connectivity index (χ1) is 17.1. The molecule has 5 atom stereocenters. The van der Waals surface area contributed by atoms with Crippen molar-refractivity contribution in [3.8, 4) is 11.8 Å². The van der Waals surface area contributed by atoms with Crippen LogP contribution in [0.4, 0.5) is 0 Å². The van der Waals surface area contributed by atoms with E-state index < -0.39 is 49.2 Å². The lowest BCUT2D eigenvalue weighted by Crippen LogP contribution is -2.34. The highest BCUT2D eigenvalue weighted by molar-refractivity contribution is 7.56. The molecule has 1 unspecified atom stereocenters. The van der Waals surface area contributed by atoms with Crippen molar-refractivity contribution in [1.29, 1.82) is 0 Å². The normalized spacial score (nSPS) is 21.9. The van der Waals surface area contributed by atoms with Gasteiger partial charge in [0, 0.05) is 25.7 Å². The second-order valence-electron chi connectivity index (χ2n) is 8.98. The Balaban J connectivity index is 1.98. The number of carbonyl (C=O) groups is 1. The Morgan fingerprint density at radius 2 is 2.03 bits per heavy atom. The molecular weight excluding hydrogens is 489 g/mol. The molecule has 1 aromatic heterocycles. The van der Waals surface area contributed by atoms with Gasteiger partial charge in [0.2, 0.25) is 0 Å². The van der Waals surface area contributed by atoms with E-state index in [1.807, 2.05) is 0 Å². The highest BCUT2D eigenvalue weighted by Gasteiger charge is 2.37. The molecule has 202 valence electrons. The molecule has 1 aliphatic rings. The number of unbranched alkanes of at least 4 members (excludes halogenated alkanes) is 6. The number of aliphatic hydroxyl groups excluding tert-OH is 1. The largest absolute Gasteiger partial charge is 0.468 e. The number of nitrogens with zero attached hydrogens (tertiary/aromatic N) is 1. The maximum Gasteiger partial charge on any atom is 0.330 e. The van der Waals surface area contributed by atoms with Crippen LogP contribution in [0, 0.1) is 11.8 Å². The van der Waals surface area contributed by atoms with Crippen LogP contribution >= 0.6 is 7.52 Å². The number of aromatic nitrogens is 2. The van der Waals surface area contributed by atoms with Gasteiger partial charge in [-0.1, -0.05) is 50.9 Å². The summed E-state index contributed by atoms with van der Waals surface area (Å²) in [5.74, 6) is 5.22. The molecule has 0 amide bonds. The summed E-state index contributed by atoms with van der Waals surface area (Å²) in [6, 6.07) is -0.853. The average Bonchev–Trinajstić information content (AvgIpc) is 3.19. The molecular formula is C24H38N3O8P. The molecule has 1 saturated heterocycles. The molecule has 1 fully saturated rings. The molecule has 36 heavy (non-hydrogen) atoms. The van der Waals surface area contributed by atoms with E-state index in [1.165, 1.54) is 57.1 Å². The first-order valence-corrected chi connectivity index (χ1v) is 14.4. The van der Waals surface area contributed by atoms with E-state index in [0.29, 0.717) is 6.42 Å². The van der Waals surface area contributed by atoms with Crippen molar-refractivity contribution in [3.63, 3.8) is 0 Å². The molecule has 0 bridgehead atoms. The number of rotatable bonds is 13. The van der Waals surface area contributed by atoms with Crippen molar-refractivity contribution < 1.29 is 28.5 Å². The number of ether oxygens (including phenoxy) is 2. The zero-order valence-electron chi connectivity index (χ0n) is 21.5. The Hall–Kier alpha value is -2.22. The lowest BCUT2D eigenvalue weighted by atomic mass is 10.1. The zero-order chi connectivity index (χ0) is 26.7. The topological polar surface area (TPSA) is 149 Å². The number of hydrogen-bond acceptors (Lipinski definition) is 8. The first-order valence-electron chi connectivity index (χ1n) is 12.3. The summed E-state index contributed by atoms with van der Waals surface area (Å²) in [4.78, 5) is 38.4. The SMILES string of the molecule is CCCCCCCCC#Cc1cn([C@H]2C[C@@H](O)[C@@H](COP(C)(=O)N[C@@H](C)C(=O)OC)O2)c(=O)[nH]c1=O. The second kappa shape index (κ2) is 14.5. The van der Waals surface area contributed by atoms with Gasteiger partial charge in [-0.15, -0.1) is 0 Å². The minimum absolute atomic E-state index is 0.0601. The van der Waals surface area contributed by atoms with Crippen molar-refractivity contribution in [3.05, 3.63) is 32.6 Å². The van der Waals surface area contributed by atoms with Gasteiger partial charge in [-0.3, -0.25) is 23.7 Å². The molecule has 0 radical (unpaired) electrons. The van der Waals surface area contributed by atoms with Crippen LogP contribution in [-0.4, -0.2) is 59.3 Å². The lowest BCUT2D eigenvalue weighted by molar-refractivity contribution is -0.142.